The molecule has 0 N–H and O–H groups in total. The second-order valence-corrected chi connectivity index (χ2v) is 8.90. The van der Waals surface area contributed by atoms with Gasteiger partial charge in [0.2, 0.25) is 10.4 Å². The van der Waals surface area contributed by atoms with Crippen molar-refractivity contribution in [2.75, 3.05) is 7.11 Å². The summed E-state index contributed by atoms with van der Waals surface area (Å²) in [5.41, 5.74) is 0. The van der Waals surface area contributed by atoms with E-state index in [4.69, 9.17) is 0 Å². The molecule has 214 valence electrons. The van der Waals surface area contributed by atoms with Gasteiger partial charge < -0.3 is 24.4 Å². The number of carbonyl (C=O) groups excluding carboxylic acids is 2. The molecule has 38 heavy (non-hydrogen) atoms. The summed E-state index contributed by atoms with van der Waals surface area (Å²) in [5.74, 6) is 0.711. The molecule has 3 rings (SSSR count). The standard InChI is InChI=1S/3C6H11N2.C4H4O4.CH4O4S/c3*1-6-7(2)4-5-8(6)3;5-3(6)1-2-4(7)8;1-5-6(2,3)4/h3*4-5H,1-3H3;1-2H,(H,5,6)(H,7,8);1H3,(H,2,3,4)/q3*+1;;/p-3/b;;;2-1+;. The molecule has 0 unspecified atom stereocenters. The first-order valence-corrected chi connectivity index (χ1v) is 12.2. The fourth-order valence-electron chi connectivity index (χ4n) is 2.13. The van der Waals surface area contributed by atoms with E-state index >= 15 is 0 Å². The van der Waals surface area contributed by atoms with Crippen LogP contribution >= 0.6 is 0 Å². The van der Waals surface area contributed by atoms with E-state index in [2.05, 4.69) is 52.4 Å². The molecule has 0 aliphatic heterocycles. The number of imidazole rings is 3. The van der Waals surface area contributed by atoms with Gasteiger partial charge in [0, 0.05) is 20.8 Å². The van der Waals surface area contributed by atoms with Crippen LogP contribution in [-0.2, 0) is 66.5 Å². The van der Waals surface area contributed by atoms with E-state index in [0.717, 1.165) is 7.11 Å². The highest BCUT2D eigenvalue weighted by atomic mass is 32.3. The molecule has 0 amide bonds. The van der Waals surface area contributed by atoms with Gasteiger partial charge >= 0.3 is 0 Å². The Labute approximate surface area is 223 Å². The number of hydrogen-bond acceptors (Lipinski definition) is 8. The molecule has 3 heterocycles. The summed E-state index contributed by atoms with van der Waals surface area (Å²) in [5, 5.41) is 18.8. The van der Waals surface area contributed by atoms with Gasteiger partial charge in [-0.25, -0.2) is 35.8 Å². The number of aryl methyl sites for hydroxylation is 6. The zero-order valence-electron chi connectivity index (χ0n) is 23.5. The topological polar surface area (TPSA) is 173 Å². The Kier molecular flexibility index (Phi) is 16.8. The van der Waals surface area contributed by atoms with Crippen LogP contribution in [0.3, 0.4) is 0 Å². The number of nitrogens with zero attached hydrogens (tertiary/aromatic N) is 6. The molecule has 0 saturated carbocycles. The van der Waals surface area contributed by atoms with Gasteiger partial charge in [0.05, 0.1) is 61.3 Å². The zero-order chi connectivity index (χ0) is 30.2. The van der Waals surface area contributed by atoms with Gasteiger partial charge in [0.25, 0.3) is 17.5 Å². The minimum atomic E-state index is -4.41. The van der Waals surface area contributed by atoms with Crippen LogP contribution in [0.2, 0.25) is 0 Å². The van der Waals surface area contributed by atoms with Crippen molar-refractivity contribution in [1.82, 2.24) is 13.7 Å². The second kappa shape index (κ2) is 17.6. The maximum Gasteiger partial charge on any atom is 0.252 e. The van der Waals surface area contributed by atoms with Crippen molar-refractivity contribution in [2.24, 2.45) is 42.3 Å². The lowest BCUT2D eigenvalue weighted by Gasteiger charge is -1.98. The van der Waals surface area contributed by atoms with Crippen molar-refractivity contribution in [3.05, 3.63) is 66.8 Å². The summed E-state index contributed by atoms with van der Waals surface area (Å²) in [6.45, 7) is 6.25. The highest BCUT2D eigenvalue weighted by molar-refractivity contribution is 7.80. The Hall–Kier alpha value is -3.82. The molecule has 0 bridgehead atoms. The SMILES string of the molecule is COS(=O)(=O)[O-].Cc1n(C)cc[n+]1C.Cc1n(C)cc[n+]1C.Cc1n(C)cc[n+]1C.O=C([O-])/C=C/C(=O)[O-]. The Morgan fingerprint density at radius 3 is 1.00 bits per heavy atom. The quantitative estimate of drug-likeness (QED) is 0.138. The van der Waals surface area contributed by atoms with Crippen molar-refractivity contribution in [3.63, 3.8) is 0 Å². The molecule has 0 spiro atoms. The van der Waals surface area contributed by atoms with E-state index in [-0.39, 0.29) is 0 Å². The second-order valence-electron chi connectivity index (χ2n) is 7.75. The fraction of sp³-hybridized carbons (Fsp3) is 0.435. The monoisotopic (exact) mass is 558 g/mol. The summed E-state index contributed by atoms with van der Waals surface area (Å²) in [7, 11) is 8.62. The zero-order valence-corrected chi connectivity index (χ0v) is 24.3. The third-order valence-corrected chi connectivity index (χ3v) is 5.57. The average Bonchev–Trinajstić information content (AvgIpc) is 3.42. The van der Waals surface area contributed by atoms with Gasteiger partial charge in [-0.2, -0.15) is 0 Å². The number of rotatable bonds is 3. The van der Waals surface area contributed by atoms with Gasteiger partial charge in [-0.3, -0.25) is 4.18 Å². The van der Waals surface area contributed by atoms with E-state index < -0.39 is 22.3 Å². The predicted molar refractivity (Wildman–Crippen MR) is 130 cm³/mol. The smallest absolute Gasteiger partial charge is 0.252 e. The molecule has 15 heteroatoms. The lowest BCUT2D eigenvalue weighted by atomic mass is 10.5. The largest absolute Gasteiger partial charge is 0.726 e. The first-order valence-electron chi connectivity index (χ1n) is 10.9. The third kappa shape index (κ3) is 16.8. The van der Waals surface area contributed by atoms with Gasteiger partial charge in [-0.1, -0.05) is 0 Å². The number of carboxylic acids is 2. The highest BCUT2D eigenvalue weighted by Crippen LogP contribution is 1.85. The molecule has 3 aromatic rings. The van der Waals surface area contributed by atoms with Crippen molar-refractivity contribution in [2.45, 2.75) is 20.8 Å². The average molecular weight is 559 g/mol. The van der Waals surface area contributed by atoms with E-state index in [1.165, 1.54) is 17.5 Å². The van der Waals surface area contributed by atoms with E-state index in [1.54, 1.807) is 0 Å². The minimum absolute atomic E-state index is 0.384. The van der Waals surface area contributed by atoms with Crippen LogP contribution in [0.5, 0.6) is 0 Å². The van der Waals surface area contributed by atoms with Gasteiger partial charge in [-0.05, 0) is 12.2 Å². The Morgan fingerprint density at radius 1 is 0.737 bits per heavy atom. The molecule has 3 aromatic heterocycles. The number of aliphatic carboxylic acids is 2. The summed E-state index contributed by atoms with van der Waals surface area (Å²) in [4.78, 5) is 18.8. The Bertz CT molecular complexity index is 1110. The van der Waals surface area contributed by atoms with Crippen LogP contribution in [0, 0.1) is 20.8 Å². The molecular formula is C23H38N6O8S. The van der Waals surface area contributed by atoms with Crippen molar-refractivity contribution in [1.29, 1.82) is 0 Å². The summed E-state index contributed by atoms with van der Waals surface area (Å²) < 4.78 is 43.5. The molecule has 0 aromatic carbocycles. The van der Waals surface area contributed by atoms with Crippen LogP contribution in [-0.4, -0.2) is 45.7 Å². The molecule has 14 nitrogen and oxygen atoms in total. The first-order chi connectivity index (χ1) is 17.3. The van der Waals surface area contributed by atoms with Crippen LogP contribution in [0.15, 0.2) is 49.3 Å². The Morgan fingerprint density at radius 2 is 0.947 bits per heavy atom. The van der Waals surface area contributed by atoms with Crippen LogP contribution < -0.4 is 23.9 Å². The van der Waals surface area contributed by atoms with E-state index in [0.29, 0.717) is 12.2 Å². The van der Waals surface area contributed by atoms with E-state index in [9.17, 15) is 32.8 Å². The van der Waals surface area contributed by atoms with Gasteiger partial charge in [-0.15, -0.1) is 0 Å². The molecule has 0 aliphatic rings. The third-order valence-electron chi connectivity index (χ3n) is 5.16. The van der Waals surface area contributed by atoms with Crippen molar-refractivity contribution >= 4 is 22.3 Å². The summed E-state index contributed by atoms with van der Waals surface area (Å²) >= 11 is 0. The van der Waals surface area contributed by atoms with Crippen LogP contribution in [0.25, 0.3) is 0 Å². The summed E-state index contributed by atoms with van der Waals surface area (Å²) in [6, 6.07) is 0. The van der Waals surface area contributed by atoms with Gasteiger partial charge in [0.1, 0.15) is 37.2 Å². The predicted octanol–water partition coefficient (Wildman–Crippen LogP) is -3.39. The summed E-state index contributed by atoms with van der Waals surface area (Å²) in [6.07, 6.45) is 13.0. The number of hydrogen-bond donors (Lipinski definition) is 0. The van der Waals surface area contributed by atoms with Crippen LogP contribution in [0.1, 0.15) is 17.5 Å². The molecule has 0 saturated heterocycles. The lowest BCUT2D eigenvalue weighted by Crippen LogP contribution is -2.29. The minimum Gasteiger partial charge on any atom is -0.726 e. The number of carbonyl (C=O) groups is 2. The van der Waals surface area contributed by atoms with Crippen molar-refractivity contribution < 1.29 is 50.7 Å². The van der Waals surface area contributed by atoms with Crippen molar-refractivity contribution in [3.8, 4) is 0 Å². The Balaban J connectivity index is 0. The molecule has 0 aliphatic carbocycles. The fourth-order valence-corrected chi connectivity index (χ4v) is 2.13. The highest BCUT2D eigenvalue weighted by Gasteiger charge is 2.02. The lowest BCUT2D eigenvalue weighted by molar-refractivity contribution is -0.677. The first kappa shape index (κ1) is 36.3. The molecular weight excluding hydrogens is 520 g/mol. The molecule has 0 atom stereocenters. The maximum atomic E-state index is 9.41. The molecule has 0 radical (unpaired) electrons. The van der Waals surface area contributed by atoms with E-state index in [1.807, 2.05) is 79.5 Å². The molecule has 0 fully saturated rings. The normalized spacial score (nSPS) is 10.1. The maximum absolute atomic E-state index is 9.41. The van der Waals surface area contributed by atoms with Gasteiger partial charge in [0.15, 0.2) is 0 Å². The number of carboxylic acid groups (broad SMARTS) is 2. The van der Waals surface area contributed by atoms with Crippen LogP contribution in [0.4, 0.5) is 0 Å². The number of aromatic nitrogens is 6.